The molecule has 162 valence electrons. The number of aromatic nitrogens is 2. The van der Waals surface area contributed by atoms with Crippen LogP contribution in [0.1, 0.15) is 34.3 Å². The van der Waals surface area contributed by atoms with Crippen LogP contribution in [0.5, 0.6) is 0 Å². The fraction of sp³-hybridized carbons (Fsp3) is 0.250. The summed E-state index contributed by atoms with van der Waals surface area (Å²) in [4.78, 5) is 42.7. The molecule has 0 aliphatic carbocycles. The van der Waals surface area contributed by atoms with Crippen LogP contribution in [-0.4, -0.2) is 38.2 Å². The van der Waals surface area contributed by atoms with Gasteiger partial charge in [0.25, 0.3) is 5.91 Å². The molecule has 3 aromatic rings. The third-order valence-corrected chi connectivity index (χ3v) is 6.19. The Hall–Kier alpha value is -3.81. The molecule has 0 spiro atoms. The van der Waals surface area contributed by atoms with Crippen molar-refractivity contribution in [2.24, 2.45) is 7.05 Å². The van der Waals surface area contributed by atoms with E-state index in [0.717, 1.165) is 27.9 Å². The molecule has 1 unspecified atom stereocenters. The summed E-state index contributed by atoms with van der Waals surface area (Å²) in [6, 6.07) is 9.48. The van der Waals surface area contributed by atoms with Crippen molar-refractivity contribution in [1.82, 2.24) is 19.8 Å². The highest BCUT2D eigenvalue weighted by atomic mass is 19.1. The van der Waals surface area contributed by atoms with Gasteiger partial charge >= 0.3 is 0 Å². The van der Waals surface area contributed by atoms with Crippen molar-refractivity contribution in [1.29, 1.82) is 0 Å². The summed E-state index contributed by atoms with van der Waals surface area (Å²) in [6.45, 7) is 2.21. The van der Waals surface area contributed by atoms with Crippen LogP contribution < -0.4 is 5.32 Å². The van der Waals surface area contributed by atoms with Crippen LogP contribution >= 0.6 is 0 Å². The van der Waals surface area contributed by atoms with Crippen molar-refractivity contribution >= 4 is 17.7 Å². The van der Waals surface area contributed by atoms with Crippen LogP contribution in [0.3, 0.4) is 0 Å². The van der Waals surface area contributed by atoms with E-state index in [-0.39, 0.29) is 30.6 Å². The first kappa shape index (κ1) is 20.1. The first-order chi connectivity index (χ1) is 15.3. The van der Waals surface area contributed by atoms with Gasteiger partial charge in [0.2, 0.25) is 11.8 Å². The zero-order chi connectivity index (χ0) is 22.6. The molecular formula is C24H21FN4O3. The molecule has 0 saturated carbocycles. The van der Waals surface area contributed by atoms with Crippen LogP contribution in [0.15, 0.2) is 42.7 Å². The summed E-state index contributed by atoms with van der Waals surface area (Å²) in [5.74, 6) is -1.29. The highest BCUT2D eigenvalue weighted by molar-refractivity contribution is 6.05. The highest BCUT2D eigenvalue weighted by Crippen LogP contribution is 2.36. The molecule has 32 heavy (non-hydrogen) atoms. The standard InChI is InChI=1S/C24H21FN4O3/c1-13-3-5-16(25)10-18(13)22-21(26-12-28(22)2)14-4-6-17-15(9-14)11-29(24(17)32)19-7-8-20(30)27-23(19)31/h3-6,9-10,12,19H,7-8,11H2,1-2H3,(H,27,30,31). The maximum Gasteiger partial charge on any atom is 0.255 e. The minimum atomic E-state index is -0.656. The van der Waals surface area contributed by atoms with Crippen molar-refractivity contribution in [3.8, 4) is 22.5 Å². The van der Waals surface area contributed by atoms with Crippen LogP contribution in [-0.2, 0) is 23.2 Å². The van der Waals surface area contributed by atoms with E-state index in [2.05, 4.69) is 10.3 Å². The maximum absolute atomic E-state index is 14.0. The fourth-order valence-corrected chi connectivity index (χ4v) is 4.53. The minimum Gasteiger partial charge on any atom is -0.333 e. The molecule has 1 saturated heterocycles. The molecular weight excluding hydrogens is 411 g/mol. The van der Waals surface area contributed by atoms with Crippen LogP contribution in [0.2, 0.25) is 0 Å². The summed E-state index contributed by atoms with van der Waals surface area (Å²) in [5, 5.41) is 2.31. The van der Waals surface area contributed by atoms with Gasteiger partial charge < -0.3 is 9.47 Å². The summed E-state index contributed by atoms with van der Waals surface area (Å²) in [7, 11) is 1.86. The second-order valence-corrected chi connectivity index (χ2v) is 8.28. The molecule has 1 fully saturated rings. The minimum absolute atomic E-state index is 0.214. The van der Waals surface area contributed by atoms with Crippen molar-refractivity contribution < 1.29 is 18.8 Å². The third-order valence-electron chi connectivity index (χ3n) is 6.19. The normalized spacial score (nSPS) is 18.2. The Morgan fingerprint density at radius 2 is 1.91 bits per heavy atom. The molecule has 3 heterocycles. The van der Waals surface area contributed by atoms with Gasteiger partial charge in [0.1, 0.15) is 11.9 Å². The second kappa shape index (κ2) is 7.40. The van der Waals surface area contributed by atoms with Gasteiger partial charge in [-0.05, 0) is 48.7 Å². The predicted octanol–water partition coefficient (Wildman–Crippen LogP) is 2.96. The smallest absolute Gasteiger partial charge is 0.255 e. The van der Waals surface area contributed by atoms with E-state index in [0.29, 0.717) is 17.7 Å². The molecule has 5 rings (SSSR count). The van der Waals surface area contributed by atoms with E-state index < -0.39 is 11.9 Å². The Morgan fingerprint density at radius 3 is 2.69 bits per heavy atom. The summed E-state index contributed by atoms with van der Waals surface area (Å²) in [6.07, 6.45) is 2.22. The molecule has 8 heteroatoms. The maximum atomic E-state index is 14.0. The lowest BCUT2D eigenvalue weighted by Gasteiger charge is -2.29. The Labute approximate surface area is 183 Å². The third kappa shape index (κ3) is 3.19. The quantitative estimate of drug-likeness (QED) is 0.645. The number of amides is 3. The summed E-state index contributed by atoms with van der Waals surface area (Å²) in [5.41, 5.74) is 5.30. The number of imide groups is 1. The average molecular weight is 432 g/mol. The Kier molecular flexibility index (Phi) is 4.65. The first-order valence-electron chi connectivity index (χ1n) is 10.4. The van der Waals surface area contributed by atoms with E-state index in [1.54, 1.807) is 18.5 Å². The molecule has 1 N–H and O–H groups in total. The first-order valence-corrected chi connectivity index (χ1v) is 10.4. The molecule has 2 aliphatic rings. The molecule has 1 aromatic heterocycles. The van der Waals surface area contributed by atoms with Crippen molar-refractivity contribution in [2.75, 3.05) is 0 Å². The number of fused-ring (bicyclic) bond motifs is 1. The number of nitrogens with one attached hydrogen (secondary N) is 1. The van der Waals surface area contributed by atoms with E-state index in [4.69, 9.17) is 0 Å². The van der Waals surface area contributed by atoms with Gasteiger partial charge in [-0.25, -0.2) is 9.37 Å². The number of hydrogen-bond donors (Lipinski definition) is 1. The van der Waals surface area contributed by atoms with E-state index in [9.17, 15) is 18.8 Å². The molecule has 0 bridgehead atoms. The summed E-state index contributed by atoms with van der Waals surface area (Å²) < 4.78 is 15.8. The number of nitrogens with zero attached hydrogens (tertiary/aromatic N) is 3. The number of rotatable bonds is 3. The molecule has 7 nitrogen and oxygen atoms in total. The Morgan fingerprint density at radius 1 is 1.09 bits per heavy atom. The van der Waals surface area contributed by atoms with E-state index in [1.165, 1.54) is 17.0 Å². The van der Waals surface area contributed by atoms with E-state index in [1.807, 2.05) is 30.7 Å². The number of benzene rings is 2. The lowest BCUT2D eigenvalue weighted by atomic mass is 9.98. The Balaban J connectivity index is 1.52. The molecule has 0 radical (unpaired) electrons. The van der Waals surface area contributed by atoms with Crippen LogP contribution in [0.25, 0.3) is 22.5 Å². The zero-order valence-electron chi connectivity index (χ0n) is 17.7. The van der Waals surface area contributed by atoms with Gasteiger partial charge in [0, 0.05) is 36.7 Å². The number of halogens is 1. The van der Waals surface area contributed by atoms with Gasteiger partial charge in [0.05, 0.1) is 17.7 Å². The van der Waals surface area contributed by atoms with Crippen molar-refractivity contribution in [3.05, 3.63) is 65.2 Å². The van der Waals surface area contributed by atoms with Gasteiger partial charge in [-0.2, -0.15) is 0 Å². The molecule has 2 aliphatic heterocycles. The molecule has 3 amide bonds. The Bertz CT molecular complexity index is 1300. The van der Waals surface area contributed by atoms with E-state index >= 15 is 0 Å². The van der Waals surface area contributed by atoms with Crippen LogP contribution in [0, 0.1) is 12.7 Å². The average Bonchev–Trinajstić information content (AvgIpc) is 3.29. The topological polar surface area (TPSA) is 84.3 Å². The van der Waals surface area contributed by atoms with Gasteiger partial charge in [-0.15, -0.1) is 0 Å². The molecule has 1 atom stereocenters. The lowest BCUT2D eigenvalue weighted by molar-refractivity contribution is -0.136. The largest absolute Gasteiger partial charge is 0.333 e. The number of aryl methyl sites for hydroxylation is 2. The van der Waals surface area contributed by atoms with Crippen molar-refractivity contribution in [3.63, 3.8) is 0 Å². The van der Waals surface area contributed by atoms with Gasteiger partial charge in [-0.3, -0.25) is 19.7 Å². The second-order valence-electron chi connectivity index (χ2n) is 8.28. The van der Waals surface area contributed by atoms with Gasteiger partial charge in [0.15, 0.2) is 0 Å². The SMILES string of the molecule is Cc1ccc(F)cc1-c1c(-c2ccc3c(c2)CN(C2CCC(=O)NC2=O)C3=O)ncn1C. The fourth-order valence-electron chi connectivity index (χ4n) is 4.53. The molecule has 2 aromatic carbocycles. The van der Waals surface area contributed by atoms with Crippen LogP contribution in [0.4, 0.5) is 4.39 Å². The van der Waals surface area contributed by atoms with Gasteiger partial charge in [-0.1, -0.05) is 12.1 Å². The number of carbonyl (C=O) groups excluding carboxylic acids is 3. The number of imidazole rings is 1. The number of hydrogen-bond acceptors (Lipinski definition) is 4. The monoisotopic (exact) mass is 432 g/mol. The number of piperidine rings is 1. The lowest BCUT2D eigenvalue weighted by Crippen LogP contribution is -2.52. The van der Waals surface area contributed by atoms with Crippen molar-refractivity contribution in [2.45, 2.75) is 32.4 Å². The highest BCUT2D eigenvalue weighted by Gasteiger charge is 2.39. The number of carbonyl (C=O) groups is 3. The zero-order valence-corrected chi connectivity index (χ0v) is 17.7. The predicted molar refractivity (Wildman–Crippen MR) is 115 cm³/mol. The summed E-state index contributed by atoms with van der Waals surface area (Å²) >= 11 is 0.